The zero-order valence-electron chi connectivity index (χ0n) is 10.5. The van der Waals surface area contributed by atoms with Gasteiger partial charge in [-0.15, -0.1) is 0 Å². The number of hydrogen-bond donors (Lipinski definition) is 1. The molecule has 1 aromatic rings. The molecule has 0 bridgehead atoms. The predicted molar refractivity (Wildman–Crippen MR) is 78.4 cm³/mol. The van der Waals surface area contributed by atoms with Crippen LogP contribution in [-0.2, 0) is 0 Å². The van der Waals surface area contributed by atoms with E-state index in [9.17, 15) is 0 Å². The molecule has 0 aromatic heterocycles. The Kier molecular flexibility index (Phi) is 3.14. The van der Waals surface area contributed by atoms with Crippen LogP contribution in [0.1, 0.15) is 17.5 Å². The van der Waals surface area contributed by atoms with Gasteiger partial charge in [0, 0.05) is 11.4 Å². The van der Waals surface area contributed by atoms with Crippen molar-refractivity contribution in [3.63, 3.8) is 0 Å². The molecule has 0 atom stereocenters. The van der Waals surface area contributed by atoms with Crippen LogP contribution in [0.5, 0.6) is 0 Å². The maximum absolute atomic E-state index is 5.72. The summed E-state index contributed by atoms with van der Waals surface area (Å²) in [6.07, 6.45) is 0.934. The van der Waals surface area contributed by atoms with E-state index >= 15 is 0 Å². The first-order chi connectivity index (χ1) is 8.79. The second-order valence-corrected chi connectivity index (χ2v) is 5.66. The Labute approximate surface area is 112 Å². The number of aliphatic imine (C=N–C) groups is 1. The maximum atomic E-state index is 5.72. The lowest BCUT2D eigenvalue weighted by molar-refractivity contribution is 0.646. The van der Waals surface area contributed by atoms with E-state index < -0.39 is 0 Å². The van der Waals surface area contributed by atoms with Crippen LogP contribution in [0.3, 0.4) is 0 Å². The Morgan fingerprint density at radius 1 is 1.33 bits per heavy atom. The van der Waals surface area contributed by atoms with Gasteiger partial charge in [0.2, 0.25) is 0 Å². The second-order valence-electron chi connectivity index (χ2n) is 4.59. The number of benzene rings is 1. The number of nitrogens with two attached hydrogens (primary N) is 1. The highest BCUT2D eigenvalue weighted by Crippen LogP contribution is 2.42. The molecule has 0 fully saturated rings. The van der Waals surface area contributed by atoms with Gasteiger partial charge in [-0.2, -0.15) is 0 Å². The Morgan fingerprint density at radius 2 is 2.11 bits per heavy atom. The molecule has 4 heteroatoms. The van der Waals surface area contributed by atoms with E-state index in [1.165, 1.54) is 21.7 Å². The summed E-state index contributed by atoms with van der Waals surface area (Å²) in [5.41, 5.74) is 9.61. The lowest BCUT2D eigenvalue weighted by Crippen LogP contribution is -2.20. The average molecular weight is 259 g/mol. The molecule has 2 N–H and O–H groups in total. The van der Waals surface area contributed by atoms with E-state index in [1.807, 2.05) is 0 Å². The summed E-state index contributed by atoms with van der Waals surface area (Å²) < 4.78 is 0. The highest BCUT2D eigenvalue weighted by Gasteiger charge is 2.32. The van der Waals surface area contributed by atoms with Gasteiger partial charge in [-0.1, -0.05) is 41.6 Å². The summed E-state index contributed by atoms with van der Waals surface area (Å²) in [5, 5.41) is 1.15. The van der Waals surface area contributed by atoms with Crippen molar-refractivity contribution in [2.24, 2.45) is 10.7 Å². The number of nitrogens with zero attached hydrogens (tertiary/aromatic N) is 2. The minimum absolute atomic E-state index is 0.693. The Bertz CT molecular complexity index is 516. The molecular formula is C14H17N3S. The second kappa shape index (κ2) is 4.78. The van der Waals surface area contributed by atoms with Gasteiger partial charge < -0.3 is 10.6 Å². The predicted octanol–water partition coefficient (Wildman–Crippen LogP) is 2.43. The fourth-order valence-corrected chi connectivity index (χ4v) is 3.57. The highest BCUT2D eigenvalue weighted by atomic mass is 32.2. The van der Waals surface area contributed by atoms with Crippen molar-refractivity contribution >= 4 is 22.6 Å². The summed E-state index contributed by atoms with van der Waals surface area (Å²) in [4.78, 5) is 8.24. The zero-order valence-corrected chi connectivity index (χ0v) is 11.3. The SMILES string of the molecule is Cc1ccc(C2=C(CCN)SC3=NCCN32)cc1. The molecule has 1 aromatic carbocycles. The van der Waals surface area contributed by atoms with E-state index in [4.69, 9.17) is 5.73 Å². The van der Waals surface area contributed by atoms with Gasteiger partial charge >= 0.3 is 0 Å². The lowest BCUT2D eigenvalue weighted by Gasteiger charge is -2.17. The van der Waals surface area contributed by atoms with Crippen molar-refractivity contribution < 1.29 is 0 Å². The van der Waals surface area contributed by atoms with Crippen molar-refractivity contribution in [2.75, 3.05) is 19.6 Å². The highest BCUT2D eigenvalue weighted by molar-refractivity contribution is 8.17. The number of hydrogen-bond acceptors (Lipinski definition) is 4. The largest absolute Gasteiger partial charge is 0.330 e. The normalized spacial score (nSPS) is 18.3. The lowest BCUT2D eigenvalue weighted by atomic mass is 10.1. The van der Waals surface area contributed by atoms with E-state index in [0.717, 1.165) is 24.7 Å². The minimum Gasteiger partial charge on any atom is -0.330 e. The van der Waals surface area contributed by atoms with Crippen LogP contribution in [0.15, 0.2) is 34.2 Å². The molecule has 0 aliphatic carbocycles. The van der Waals surface area contributed by atoms with Crippen LogP contribution in [0.4, 0.5) is 0 Å². The van der Waals surface area contributed by atoms with Gasteiger partial charge in [0.15, 0.2) is 5.17 Å². The van der Waals surface area contributed by atoms with Gasteiger partial charge in [-0.05, 0) is 25.5 Å². The van der Waals surface area contributed by atoms with Crippen LogP contribution < -0.4 is 5.73 Å². The minimum atomic E-state index is 0.693. The molecule has 3 nitrogen and oxygen atoms in total. The van der Waals surface area contributed by atoms with Crippen LogP contribution in [0.2, 0.25) is 0 Å². The first-order valence-electron chi connectivity index (χ1n) is 6.29. The van der Waals surface area contributed by atoms with Crippen molar-refractivity contribution in [2.45, 2.75) is 13.3 Å². The van der Waals surface area contributed by atoms with E-state index in [2.05, 4.69) is 41.1 Å². The number of fused-ring (bicyclic) bond motifs is 1. The molecule has 0 saturated heterocycles. The molecule has 0 amide bonds. The topological polar surface area (TPSA) is 41.6 Å². The van der Waals surface area contributed by atoms with Crippen molar-refractivity contribution in [1.82, 2.24) is 4.90 Å². The monoisotopic (exact) mass is 259 g/mol. The number of thioether (sulfide) groups is 1. The third kappa shape index (κ3) is 1.95. The Hall–Kier alpha value is -1.26. The fourth-order valence-electron chi connectivity index (χ4n) is 2.36. The van der Waals surface area contributed by atoms with Crippen molar-refractivity contribution in [3.05, 3.63) is 40.3 Å². The summed E-state index contributed by atoms with van der Waals surface area (Å²) in [6, 6.07) is 8.72. The number of rotatable bonds is 3. The molecule has 2 aliphatic rings. The van der Waals surface area contributed by atoms with Crippen LogP contribution in [-0.4, -0.2) is 29.7 Å². The van der Waals surface area contributed by atoms with Gasteiger partial charge in [0.25, 0.3) is 0 Å². The van der Waals surface area contributed by atoms with E-state index in [0.29, 0.717) is 6.54 Å². The molecule has 0 spiro atoms. The van der Waals surface area contributed by atoms with Gasteiger partial charge in [-0.25, -0.2) is 0 Å². The Balaban J connectivity index is 2.01. The molecule has 2 aliphatic heterocycles. The molecule has 3 rings (SSSR count). The summed E-state index contributed by atoms with van der Waals surface area (Å²) >= 11 is 1.79. The standard InChI is InChI=1S/C14H17N3S/c1-10-2-4-11(5-3-10)13-12(6-7-15)18-14-16-8-9-17(13)14/h2-5H,6-9,15H2,1H3. The van der Waals surface area contributed by atoms with Gasteiger partial charge in [0.1, 0.15) is 0 Å². The molecule has 0 saturated carbocycles. The average Bonchev–Trinajstić information content (AvgIpc) is 2.91. The third-order valence-electron chi connectivity index (χ3n) is 3.25. The number of amidine groups is 1. The summed E-state index contributed by atoms with van der Waals surface area (Å²) in [7, 11) is 0. The maximum Gasteiger partial charge on any atom is 0.168 e. The van der Waals surface area contributed by atoms with E-state index in [1.54, 1.807) is 11.8 Å². The van der Waals surface area contributed by atoms with Gasteiger partial charge in [0.05, 0.1) is 12.2 Å². The van der Waals surface area contributed by atoms with Crippen LogP contribution in [0.25, 0.3) is 5.70 Å². The summed E-state index contributed by atoms with van der Waals surface area (Å²) in [5.74, 6) is 0. The number of aryl methyl sites for hydroxylation is 1. The van der Waals surface area contributed by atoms with E-state index in [-0.39, 0.29) is 0 Å². The smallest absolute Gasteiger partial charge is 0.168 e. The zero-order chi connectivity index (χ0) is 12.5. The molecule has 0 radical (unpaired) electrons. The van der Waals surface area contributed by atoms with Crippen LogP contribution in [0, 0.1) is 6.92 Å². The Morgan fingerprint density at radius 3 is 2.83 bits per heavy atom. The molecule has 0 unspecified atom stereocenters. The van der Waals surface area contributed by atoms with Crippen molar-refractivity contribution in [3.8, 4) is 0 Å². The fraction of sp³-hybridized carbons (Fsp3) is 0.357. The van der Waals surface area contributed by atoms with Crippen molar-refractivity contribution in [1.29, 1.82) is 0 Å². The molecule has 18 heavy (non-hydrogen) atoms. The van der Waals surface area contributed by atoms with Crippen LogP contribution >= 0.6 is 11.8 Å². The molecular weight excluding hydrogens is 242 g/mol. The first kappa shape index (κ1) is 11.8. The third-order valence-corrected chi connectivity index (χ3v) is 4.42. The summed E-state index contributed by atoms with van der Waals surface area (Å²) in [6.45, 7) is 4.72. The quantitative estimate of drug-likeness (QED) is 0.906. The molecule has 94 valence electrons. The first-order valence-corrected chi connectivity index (χ1v) is 7.11. The molecule has 2 heterocycles. The van der Waals surface area contributed by atoms with Gasteiger partial charge in [-0.3, -0.25) is 4.99 Å².